The average Bonchev–Trinajstić information content (AvgIpc) is 2.92. The summed E-state index contributed by atoms with van der Waals surface area (Å²) in [6.07, 6.45) is 3.31. The molecule has 0 spiro atoms. The van der Waals surface area contributed by atoms with Crippen molar-refractivity contribution in [3.05, 3.63) is 63.7 Å². The summed E-state index contributed by atoms with van der Waals surface area (Å²) in [7, 11) is -2.71. The molecule has 6 nitrogen and oxygen atoms in total. The highest BCUT2D eigenvalue weighted by Gasteiger charge is 2.14. The third-order valence-electron chi connectivity index (χ3n) is 4.19. The number of rotatable bonds is 4. The molecule has 0 amide bonds. The Labute approximate surface area is 147 Å². The minimum absolute atomic E-state index is 0.0791. The van der Waals surface area contributed by atoms with Crippen molar-refractivity contribution < 1.29 is 4.21 Å². The molecule has 0 aliphatic heterocycles. The Kier molecular flexibility index (Phi) is 4.28. The summed E-state index contributed by atoms with van der Waals surface area (Å²) in [6.45, 7) is 6.42. The SMILES string of the molecule is Cc1cc2n(Cc3ccc([S@](C)(=N)=O)cc3)cc(C(C)C)c(=O)n2n1. The van der Waals surface area contributed by atoms with Gasteiger partial charge in [-0.3, -0.25) is 4.79 Å². The summed E-state index contributed by atoms with van der Waals surface area (Å²) in [5.41, 5.74) is 3.18. The molecule has 3 aromatic rings. The van der Waals surface area contributed by atoms with E-state index in [1.165, 1.54) is 10.8 Å². The molecule has 0 fully saturated rings. The van der Waals surface area contributed by atoms with E-state index in [1.807, 2.05) is 49.7 Å². The standard InChI is InChI=1S/C18H22N4O2S/c1-12(2)16-11-21(17-9-13(3)20-22(17)18(16)23)10-14-5-7-15(8-6-14)25(4,19)24/h5-9,11-12,19H,10H2,1-4H3/t25-/m1/s1. The zero-order valence-corrected chi connectivity index (χ0v) is 15.6. The predicted molar refractivity (Wildman–Crippen MR) is 98.9 cm³/mol. The minimum Gasteiger partial charge on any atom is -0.328 e. The van der Waals surface area contributed by atoms with Crippen molar-refractivity contribution in [3.8, 4) is 0 Å². The van der Waals surface area contributed by atoms with Gasteiger partial charge in [-0.2, -0.15) is 9.61 Å². The number of hydrogen-bond donors (Lipinski definition) is 1. The summed E-state index contributed by atoms with van der Waals surface area (Å²) in [5.74, 6) is 0.100. The molecular formula is C18H22N4O2S. The van der Waals surface area contributed by atoms with E-state index < -0.39 is 9.73 Å². The van der Waals surface area contributed by atoms with Crippen molar-refractivity contribution in [2.75, 3.05) is 6.26 Å². The van der Waals surface area contributed by atoms with Crippen LogP contribution in [0.25, 0.3) is 5.65 Å². The maximum absolute atomic E-state index is 12.6. The van der Waals surface area contributed by atoms with Crippen molar-refractivity contribution in [3.63, 3.8) is 0 Å². The first kappa shape index (κ1) is 17.4. The highest BCUT2D eigenvalue weighted by Crippen LogP contribution is 2.16. The number of nitrogens with zero attached hydrogens (tertiary/aromatic N) is 3. The second-order valence-corrected chi connectivity index (χ2v) is 8.87. The molecular weight excluding hydrogens is 336 g/mol. The summed E-state index contributed by atoms with van der Waals surface area (Å²) < 4.78 is 22.9. The van der Waals surface area contributed by atoms with E-state index in [0.29, 0.717) is 11.4 Å². The lowest BCUT2D eigenvalue weighted by molar-refractivity contribution is 0.678. The largest absolute Gasteiger partial charge is 0.328 e. The van der Waals surface area contributed by atoms with Gasteiger partial charge in [-0.1, -0.05) is 26.0 Å². The van der Waals surface area contributed by atoms with Gasteiger partial charge in [0.1, 0.15) is 5.65 Å². The van der Waals surface area contributed by atoms with Crippen molar-refractivity contribution in [2.45, 2.75) is 38.1 Å². The smallest absolute Gasteiger partial charge is 0.277 e. The van der Waals surface area contributed by atoms with Gasteiger partial charge in [0.05, 0.1) is 15.4 Å². The van der Waals surface area contributed by atoms with Gasteiger partial charge in [-0.15, -0.1) is 0 Å². The van der Waals surface area contributed by atoms with Crippen LogP contribution in [-0.4, -0.2) is 24.6 Å². The second-order valence-electron chi connectivity index (χ2n) is 6.72. The fourth-order valence-corrected chi connectivity index (χ4v) is 3.48. The average molecular weight is 358 g/mol. The van der Waals surface area contributed by atoms with Gasteiger partial charge >= 0.3 is 0 Å². The molecule has 0 aliphatic rings. The maximum Gasteiger partial charge on any atom is 0.277 e. The molecule has 1 N–H and O–H groups in total. The van der Waals surface area contributed by atoms with Crippen LogP contribution >= 0.6 is 0 Å². The zero-order chi connectivity index (χ0) is 18.4. The number of benzene rings is 1. The fraction of sp³-hybridized carbons (Fsp3) is 0.333. The molecule has 3 rings (SSSR count). The molecule has 0 bridgehead atoms. The summed E-state index contributed by atoms with van der Waals surface area (Å²) >= 11 is 0. The van der Waals surface area contributed by atoms with E-state index in [2.05, 4.69) is 5.10 Å². The number of aryl methyl sites for hydroxylation is 1. The van der Waals surface area contributed by atoms with Gasteiger partial charge in [0.2, 0.25) is 0 Å². The maximum atomic E-state index is 12.6. The van der Waals surface area contributed by atoms with Crippen molar-refractivity contribution >= 4 is 15.4 Å². The number of hydrogen-bond acceptors (Lipinski definition) is 4. The molecule has 0 saturated heterocycles. The van der Waals surface area contributed by atoms with Gasteiger partial charge in [-0.05, 0) is 30.5 Å². The highest BCUT2D eigenvalue weighted by molar-refractivity contribution is 7.91. The van der Waals surface area contributed by atoms with Crippen LogP contribution in [0.4, 0.5) is 0 Å². The Morgan fingerprint density at radius 3 is 2.44 bits per heavy atom. The molecule has 0 saturated carbocycles. The minimum atomic E-state index is -2.71. The highest BCUT2D eigenvalue weighted by atomic mass is 32.2. The van der Waals surface area contributed by atoms with E-state index >= 15 is 0 Å². The molecule has 0 unspecified atom stereocenters. The van der Waals surface area contributed by atoms with Crippen LogP contribution in [0.3, 0.4) is 0 Å². The van der Waals surface area contributed by atoms with Crippen LogP contribution in [0.2, 0.25) is 0 Å². The van der Waals surface area contributed by atoms with Crippen molar-refractivity contribution in [1.29, 1.82) is 4.78 Å². The van der Waals surface area contributed by atoms with E-state index in [0.717, 1.165) is 22.5 Å². The van der Waals surface area contributed by atoms with E-state index in [1.54, 1.807) is 12.1 Å². The van der Waals surface area contributed by atoms with Gasteiger partial charge < -0.3 is 4.57 Å². The van der Waals surface area contributed by atoms with Crippen LogP contribution in [0.5, 0.6) is 0 Å². The first-order chi connectivity index (χ1) is 11.7. The summed E-state index contributed by atoms with van der Waals surface area (Å²) in [4.78, 5) is 13.1. The number of nitrogens with one attached hydrogen (secondary N) is 1. The van der Waals surface area contributed by atoms with Gasteiger partial charge in [0, 0.05) is 35.5 Å². The lowest BCUT2D eigenvalue weighted by atomic mass is 10.1. The van der Waals surface area contributed by atoms with E-state index in [9.17, 15) is 9.00 Å². The van der Waals surface area contributed by atoms with Gasteiger partial charge in [0.15, 0.2) is 0 Å². The monoisotopic (exact) mass is 358 g/mol. The quantitative estimate of drug-likeness (QED) is 0.778. The first-order valence-electron chi connectivity index (χ1n) is 8.09. The molecule has 1 aromatic carbocycles. The molecule has 2 aromatic heterocycles. The molecule has 1 atom stereocenters. The molecule has 7 heteroatoms. The van der Waals surface area contributed by atoms with E-state index in [4.69, 9.17) is 4.78 Å². The molecule has 0 radical (unpaired) electrons. The fourth-order valence-electron chi connectivity index (χ4n) is 2.83. The van der Waals surface area contributed by atoms with Gasteiger partial charge in [-0.25, -0.2) is 8.99 Å². The predicted octanol–water partition coefficient (Wildman–Crippen LogP) is 3.01. The van der Waals surface area contributed by atoms with Crippen molar-refractivity contribution in [1.82, 2.24) is 14.2 Å². The van der Waals surface area contributed by atoms with Gasteiger partial charge in [0.25, 0.3) is 5.56 Å². The lowest BCUT2D eigenvalue weighted by Gasteiger charge is -2.13. The zero-order valence-electron chi connectivity index (χ0n) is 14.8. The molecule has 25 heavy (non-hydrogen) atoms. The van der Waals surface area contributed by atoms with E-state index in [-0.39, 0.29) is 11.5 Å². The van der Waals surface area contributed by atoms with Crippen molar-refractivity contribution in [2.24, 2.45) is 0 Å². The molecule has 132 valence electrons. The number of fused-ring (bicyclic) bond motifs is 1. The van der Waals surface area contributed by atoms with Crippen LogP contribution in [0.15, 0.2) is 46.2 Å². The Bertz CT molecular complexity index is 1090. The third-order valence-corrected chi connectivity index (χ3v) is 5.36. The van der Waals surface area contributed by atoms with Crippen LogP contribution in [0, 0.1) is 11.7 Å². The normalized spacial score (nSPS) is 14.1. The second kappa shape index (κ2) is 6.15. The Morgan fingerprint density at radius 2 is 1.88 bits per heavy atom. The lowest BCUT2D eigenvalue weighted by Crippen LogP contribution is -2.24. The molecule has 2 heterocycles. The van der Waals surface area contributed by atoms with Crippen LogP contribution < -0.4 is 5.56 Å². The Balaban J connectivity index is 2.09. The third kappa shape index (κ3) is 3.37. The topological polar surface area (TPSA) is 80.2 Å². The summed E-state index contributed by atoms with van der Waals surface area (Å²) in [6, 6.07) is 9.10. The van der Waals surface area contributed by atoms with Crippen LogP contribution in [-0.2, 0) is 16.3 Å². The van der Waals surface area contributed by atoms with Crippen LogP contribution in [0.1, 0.15) is 36.6 Å². The Hall–Kier alpha value is -2.41. The first-order valence-corrected chi connectivity index (χ1v) is 10.1. The Morgan fingerprint density at radius 1 is 1.24 bits per heavy atom. The summed E-state index contributed by atoms with van der Waals surface area (Å²) in [5, 5.41) is 4.32. The number of aromatic nitrogens is 3. The molecule has 0 aliphatic carbocycles.